The SMILES string of the molecule is O=C(CCc1c[nH]c2ccccc12)Nc1ccc(-c2nnnn2C2CC2)cc1. The van der Waals surface area contributed by atoms with Crippen molar-refractivity contribution >= 4 is 22.5 Å². The van der Waals surface area contributed by atoms with E-state index in [2.05, 4.69) is 31.9 Å². The first-order chi connectivity index (χ1) is 13.8. The zero-order chi connectivity index (χ0) is 18.9. The number of aromatic amines is 1. The molecule has 4 aromatic rings. The molecule has 28 heavy (non-hydrogen) atoms. The molecule has 140 valence electrons. The van der Waals surface area contributed by atoms with Gasteiger partial charge in [-0.25, -0.2) is 4.68 Å². The van der Waals surface area contributed by atoms with Crippen molar-refractivity contribution in [3.05, 3.63) is 60.3 Å². The molecule has 0 spiro atoms. The first-order valence-electron chi connectivity index (χ1n) is 9.51. The molecular weight excluding hydrogens is 352 g/mol. The zero-order valence-electron chi connectivity index (χ0n) is 15.3. The predicted molar refractivity (Wildman–Crippen MR) is 107 cm³/mol. The van der Waals surface area contributed by atoms with Crippen LogP contribution in [0, 0.1) is 0 Å². The Morgan fingerprint density at radius 3 is 2.79 bits per heavy atom. The minimum Gasteiger partial charge on any atom is -0.361 e. The van der Waals surface area contributed by atoms with Crippen LogP contribution in [0.25, 0.3) is 22.3 Å². The number of nitrogens with zero attached hydrogens (tertiary/aromatic N) is 4. The van der Waals surface area contributed by atoms with Gasteiger partial charge in [0, 0.05) is 34.8 Å². The van der Waals surface area contributed by atoms with E-state index in [-0.39, 0.29) is 5.91 Å². The number of anilines is 1. The van der Waals surface area contributed by atoms with E-state index in [1.165, 1.54) is 5.39 Å². The van der Waals surface area contributed by atoms with Crippen LogP contribution in [0.15, 0.2) is 54.7 Å². The summed E-state index contributed by atoms with van der Waals surface area (Å²) in [7, 11) is 0. The van der Waals surface area contributed by atoms with Crippen LogP contribution in [0.3, 0.4) is 0 Å². The van der Waals surface area contributed by atoms with Gasteiger partial charge in [0.2, 0.25) is 5.91 Å². The van der Waals surface area contributed by atoms with Crippen LogP contribution >= 0.6 is 0 Å². The number of amides is 1. The molecule has 0 atom stereocenters. The quantitative estimate of drug-likeness (QED) is 0.540. The molecule has 2 N–H and O–H groups in total. The minimum atomic E-state index is 0.000782. The summed E-state index contributed by atoms with van der Waals surface area (Å²) >= 11 is 0. The second-order valence-corrected chi connectivity index (χ2v) is 7.16. The summed E-state index contributed by atoms with van der Waals surface area (Å²) in [5, 5.41) is 16.1. The van der Waals surface area contributed by atoms with E-state index in [1.807, 2.05) is 53.3 Å². The summed E-state index contributed by atoms with van der Waals surface area (Å²) in [5.41, 5.74) is 3.99. The largest absolute Gasteiger partial charge is 0.361 e. The number of hydrogen-bond acceptors (Lipinski definition) is 4. The van der Waals surface area contributed by atoms with Crippen LogP contribution in [0.4, 0.5) is 5.69 Å². The van der Waals surface area contributed by atoms with E-state index in [9.17, 15) is 4.79 Å². The molecule has 1 amide bonds. The lowest BCUT2D eigenvalue weighted by molar-refractivity contribution is -0.116. The number of para-hydroxylation sites is 1. The molecule has 2 aromatic heterocycles. The van der Waals surface area contributed by atoms with E-state index in [0.29, 0.717) is 18.9 Å². The van der Waals surface area contributed by atoms with E-state index in [1.54, 1.807) is 0 Å². The summed E-state index contributed by atoms with van der Waals surface area (Å²) < 4.78 is 1.88. The van der Waals surface area contributed by atoms with Gasteiger partial charge in [0.05, 0.1) is 6.04 Å². The molecule has 1 fully saturated rings. The van der Waals surface area contributed by atoms with Crippen LogP contribution in [0.2, 0.25) is 0 Å². The highest BCUT2D eigenvalue weighted by atomic mass is 16.1. The lowest BCUT2D eigenvalue weighted by Gasteiger charge is -2.07. The summed E-state index contributed by atoms with van der Waals surface area (Å²) in [6.45, 7) is 0. The first kappa shape index (κ1) is 16.7. The molecule has 0 saturated heterocycles. The lowest BCUT2D eigenvalue weighted by atomic mass is 10.1. The smallest absolute Gasteiger partial charge is 0.224 e. The number of carbonyl (C=O) groups is 1. The van der Waals surface area contributed by atoms with Gasteiger partial charge in [0.25, 0.3) is 0 Å². The summed E-state index contributed by atoms with van der Waals surface area (Å²) in [6.07, 6.45) is 5.37. The first-order valence-corrected chi connectivity index (χ1v) is 9.51. The Hall–Kier alpha value is -3.48. The van der Waals surface area contributed by atoms with Crippen molar-refractivity contribution in [3.63, 3.8) is 0 Å². The fourth-order valence-electron chi connectivity index (χ4n) is 3.46. The van der Waals surface area contributed by atoms with Crippen LogP contribution in [0.1, 0.15) is 30.9 Å². The summed E-state index contributed by atoms with van der Waals surface area (Å²) in [4.78, 5) is 15.6. The van der Waals surface area contributed by atoms with Gasteiger partial charge in [-0.05, 0) is 65.6 Å². The number of H-pyrrole nitrogens is 1. The topological polar surface area (TPSA) is 88.5 Å². The Bertz CT molecular complexity index is 1120. The molecular formula is C21H20N6O. The van der Waals surface area contributed by atoms with Gasteiger partial charge in [-0.3, -0.25) is 4.79 Å². The zero-order valence-corrected chi connectivity index (χ0v) is 15.3. The lowest BCUT2D eigenvalue weighted by Crippen LogP contribution is -2.12. The Morgan fingerprint density at radius 1 is 1.14 bits per heavy atom. The molecule has 5 rings (SSSR count). The van der Waals surface area contributed by atoms with Crippen LogP contribution in [-0.4, -0.2) is 31.1 Å². The standard InChI is InChI=1S/C21H20N6O/c28-20(12-7-15-13-22-19-4-2-1-3-18(15)19)23-16-8-5-14(6-9-16)21-24-25-26-27(21)17-10-11-17/h1-6,8-9,13,17,22H,7,10-12H2,(H,23,28). The normalized spacial score (nSPS) is 13.7. The van der Waals surface area contributed by atoms with Gasteiger partial charge in [-0.1, -0.05) is 18.2 Å². The monoisotopic (exact) mass is 372 g/mol. The fourth-order valence-corrected chi connectivity index (χ4v) is 3.46. The number of carbonyl (C=O) groups excluding carboxylic acids is 1. The maximum atomic E-state index is 12.4. The van der Waals surface area contributed by atoms with Gasteiger partial charge in [0.15, 0.2) is 5.82 Å². The molecule has 7 nitrogen and oxygen atoms in total. The molecule has 1 aliphatic rings. The Balaban J connectivity index is 1.22. The van der Waals surface area contributed by atoms with E-state index in [0.717, 1.165) is 41.0 Å². The van der Waals surface area contributed by atoms with Crippen molar-refractivity contribution in [2.24, 2.45) is 0 Å². The molecule has 1 saturated carbocycles. The van der Waals surface area contributed by atoms with Gasteiger partial charge >= 0.3 is 0 Å². The van der Waals surface area contributed by atoms with Crippen molar-refractivity contribution in [2.45, 2.75) is 31.7 Å². The summed E-state index contributed by atoms with van der Waals surface area (Å²) in [6, 6.07) is 16.2. The van der Waals surface area contributed by atoms with Crippen LogP contribution in [-0.2, 0) is 11.2 Å². The van der Waals surface area contributed by atoms with E-state index >= 15 is 0 Å². The molecule has 1 aliphatic carbocycles. The van der Waals surface area contributed by atoms with Crippen molar-refractivity contribution < 1.29 is 4.79 Å². The van der Waals surface area contributed by atoms with Gasteiger partial charge in [-0.2, -0.15) is 0 Å². The molecule has 2 aromatic carbocycles. The molecule has 0 unspecified atom stereocenters. The van der Waals surface area contributed by atoms with Crippen LogP contribution < -0.4 is 5.32 Å². The van der Waals surface area contributed by atoms with Crippen LogP contribution in [0.5, 0.6) is 0 Å². The Morgan fingerprint density at radius 2 is 1.96 bits per heavy atom. The molecule has 0 radical (unpaired) electrons. The average molecular weight is 372 g/mol. The number of hydrogen-bond donors (Lipinski definition) is 2. The van der Waals surface area contributed by atoms with E-state index in [4.69, 9.17) is 0 Å². The number of rotatable bonds is 6. The number of aromatic nitrogens is 5. The summed E-state index contributed by atoms with van der Waals surface area (Å²) in [5.74, 6) is 0.778. The van der Waals surface area contributed by atoms with Gasteiger partial charge in [0.1, 0.15) is 0 Å². The fraction of sp³-hybridized carbons (Fsp3) is 0.238. The second-order valence-electron chi connectivity index (χ2n) is 7.16. The number of tetrazole rings is 1. The third-order valence-corrected chi connectivity index (χ3v) is 5.11. The maximum absolute atomic E-state index is 12.4. The minimum absolute atomic E-state index is 0.000782. The predicted octanol–water partition coefficient (Wildman–Crippen LogP) is 3.73. The second kappa shape index (κ2) is 6.92. The highest BCUT2D eigenvalue weighted by Gasteiger charge is 2.28. The highest BCUT2D eigenvalue weighted by molar-refractivity contribution is 5.91. The highest BCUT2D eigenvalue weighted by Crippen LogP contribution is 2.36. The number of aryl methyl sites for hydroxylation is 1. The van der Waals surface area contributed by atoms with Crippen molar-refractivity contribution in [1.82, 2.24) is 25.2 Å². The molecule has 0 aliphatic heterocycles. The molecule has 2 heterocycles. The third kappa shape index (κ3) is 3.26. The Kier molecular flexibility index (Phi) is 4.12. The van der Waals surface area contributed by atoms with Crippen molar-refractivity contribution in [1.29, 1.82) is 0 Å². The van der Waals surface area contributed by atoms with Gasteiger partial charge < -0.3 is 10.3 Å². The molecule has 7 heteroatoms. The van der Waals surface area contributed by atoms with E-state index < -0.39 is 0 Å². The molecule has 0 bridgehead atoms. The third-order valence-electron chi connectivity index (χ3n) is 5.11. The number of benzene rings is 2. The Labute approximate surface area is 161 Å². The average Bonchev–Trinajstić information content (AvgIpc) is 3.30. The number of fused-ring (bicyclic) bond motifs is 1. The number of nitrogens with one attached hydrogen (secondary N) is 2. The maximum Gasteiger partial charge on any atom is 0.224 e. The van der Waals surface area contributed by atoms with Gasteiger partial charge in [-0.15, -0.1) is 5.10 Å². The van der Waals surface area contributed by atoms with Crippen molar-refractivity contribution in [2.75, 3.05) is 5.32 Å². The van der Waals surface area contributed by atoms with Crippen molar-refractivity contribution in [3.8, 4) is 11.4 Å².